The number of carboxylic acid groups (broad SMARTS) is 1. The first kappa shape index (κ1) is 16.7. The van der Waals surface area contributed by atoms with Crippen LogP contribution < -0.4 is 11.1 Å². The second kappa shape index (κ2) is 6.91. The molecule has 1 aliphatic rings. The number of rotatable bonds is 5. The first-order chi connectivity index (χ1) is 9.73. The number of carbonyl (C=O) groups excluding carboxylic acids is 3. The van der Waals surface area contributed by atoms with Gasteiger partial charge < -0.3 is 26.0 Å². The molecule has 4 N–H and O–H groups in total. The second-order valence-corrected chi connectivity index (χ2v) is 5.07. The molecule has 0 aromatic carbocycles. The summed E-state index contributed by atoms with van der Waals surface area (Å²) in [4.78, 5) is 48.6. The van der Waals surface area contributed by atoms with Gasteiger partial charge >= 0.3 is 12.0 Å². The molecular weight excluding hydrogens is 280 g/mol. The van der Waals surface area contributed by atoms with Gasteiger partial charge in [-0.2, -0.15) is 0 Å². The van der Waals surface area contributed by atoms with Gasteiger partial charge in [0, 0.05) is 19.1 Å². The van der Waals surface area contributed by atoms with E-state index in [4.69, 9.17) is 10.8 Å². The summed E-state index contributed by atoms with van der Waals surface area (Å²) in [5.41, 5.74) is 5.12. The van der Waals surface area contributed by atoms with E-state index in [9.17, 15) is 19.2 Å². The standard InChI is InChI=1S/C12H20N4O5/c1-7(2)16(6-9(13)17)12(21)15-4-3-14-11(20)8(15)5-10(18)19/h7-8H,3-6H2,1-2H3,(H2,13,17)(H,14,20)(H,18,19). The Kier molecular flexibility index (Phi) is 5.51. The van der Waals surface area contributed by atoms with E-state index in [0.29, 0.717) is 0 Å². The lowest BCUT2D eigenvalue weighted by molar-refractivity contribution is -0.142. The molecule has 21 heavy (non-hydrogen) atoms. The van der Waals surface area contributed by atoms with Gasteiger partial charge in [-0.3, -0.25) is 14.4 Å². The molecule has 0 radical (unpaired) electrons. The van der Waals surface area contributed by atoms with E-state index in [2.05, 4.69) is 5.32 Å². The third kappa shape index (κ3) is 4.33. The molecule has 1 fully saturated rings. The lowest BCUT2D eigenvalue weighted by atomic mass is 10.1. The van der Waals surface area contributed by atoms with Gasteiger partial charge in [-0.25, -0.2) is 4.79 Å². The van der Waals surface area contributed by atoms with Crippen molar-refractivity contribution < 1.29 is 24.3 Å². The third-order valence-electron chi connectivity index (χ3n) is 3.14. The number of hydrogen-bond donors (Lipinski definition) is 3. The van der Waals surface area contributed by atoms with Crippen LogP contribution in [-0.2, 0) is 14.4 Å². The molecule has 0 saturated carbocycles. The number of aliphatic carboxylic acids is 1. The van der Waals surface area contributed by atoms with Gasteiger partial charge in [0.25, 0.3) is 0 Å². The number of nitrogens with zero attached hydrogens (tertiary/aromatic N) is 2. The molecule has 0 aromatic rings. The maximum absolute atomic E-state index is 12.5. The molecule has 4 amide bonds. The Hall–Kier alpha value is -2.32. The normalized spacial score (nSPS) is 18.3. The zero-order valence-electron chi connectivity index (χ0n) is 12.0. The third-order valence-corrected chi connectivity index (χ3v) is 3.14. The Labute approximate surface area is 122 Å². The topological polar surface area (TPSA) is 133 Å². The van der Waals surface area contributed by atoms with Crippen LogP contribution in [0, 0.1) is 0 Å². The minimum Gasteiger partial charge on any atom is -0.481 e. The first-order valence-corrected chi connectivity index (χ1v) is 6.59. The van der Waals surface area contributed by atoms with Crippen LogP contribution in [0.4, 0.5) is 4.79 Å². The van der Waals surface area contributed by atoms with Gasteiger partial charge in [-0.05, 0) is 13.8 Å². The van der Waals surface area contributed by atoms with Gasteiger partial charge in [0.05, 0.1) is 6.42 Å². The maximum Gasteiger partial charge on any atom is 0.321 e. The van der Waals surface area contributed by atoms with Crippen LogP contribution in [0.2, 0.25) is 0 Å². The van der Waals surface area contributed by atoms with Crippen molar-refractivity contribution in [1.82, 2.24) is 15.1 Å². The van der Waals surface area contributed by atoms with Crippen molar-refractivity contribution in [2.45, 2.75) is 32.4 Å². The lowest BCUT2D eigenvalue weighted by Gasteiger charge is -2.38. The van der Waals surface area contributed by atoms with Crippen LogP contribution in [0.15, 0.2) is 0 Å². The van der Waals surface area contributed by atoms with E-state index < -0.39 is 36.3 Å². The van der Waals surface area contributed by atoms with Crippen molar-refractivity contribution in [3.8, 4) is 0 Å². The molecule has 1 saturated heterocycles. The van der Waals surface area contributed by atoms with Crippen molar-refractivity contribution in [3.63, 3.8) is 0 Å². The minimum absolute atomic E-state index is 0.185. The number of nitrogens with two attached hydrogens (primary N) is 1. The molecule has 9 nitrogen and oxygen atoms in total. The fraction of sp³-hybridized carbons (Fsp3) is 0.667. The quantitative estimate of drug-likeness (QED) is 0.573. The summed E-state index contributed by atoms with van der Waals surface area (Å²) in [5.74, 6) is -2.37. The first-order valence-electron chi connectivity index (χ1n) is 6.59. The molecule has 1 rings (SSSR count). The van der Waals surface area contributed by atoms with E-state index in [-0.39, 0.29) is 25.7 Å². The van der Waals surface area contributed by atoms with E-state index in [1.165, 1.54) is 9.80 Å². The van der Waals surface area contributed by atoms with Crippen molar-refractivity contribution in [1.29, 1.82) is 0 Å². The molecule has 0 bridgehead atoms. The fourth-order valence-corrected chi connectivity index (χ4v) is 2.12. The van der Waals surface area contributed by atoms with Crippen molar-refractivity contribution in [2.75, 3.05) is 19.6 Å². The average molecular weight is 300 g/mol. The Morgan fingerprint density at radius 1 is 1.48 bits per heavy atom. The number of carbonyl (C=O) groups is 4. The van der Waals surface area contributed by atoms with Gasteiger partial charge in [-0.1, -0.05) is 0 Å². The molecule has 0 aromatic heterocycles. The Morgan fingerprint density at radius 2 is 2.10 bits per heavy atom. The maximum atomic E-state index is 12.5. The predicted molar refractivity (Wildman–Crippen MR) is 72.2 cm³/mol. The predicted octanol–water partition coefficient (Wildman–Crippen LogP) is -1.42. The summed E-state index contributed by atoms with van der Waals surface area (Å²) in [6.07, 6.45) is -0.486. The van der Waals surface area contributed by atoms with Crippen molar-refractivity contribution in [2.24, 2.45) is 5.73 Å². The summed E-state index contributed by atoms with van der Waals surface area (Å²) in [6.45, 7) is 3.55. The highest BCUT2D eigenvalue weighted by Gasteiger charge is 2.37. The number of piperazine rings is 1. The number of carboxylic acids is 1. The number of hydrogen-bond acceptors (Lipinski definition) is 4. The smallest absolute Gasteiger partial charge is 0.321 e. The highest BCUT2D eigenvalue weighted by molar-refractivity contribution is 5.92. The van der Waals surface area contributed by atoms with Crippen LogP contribution in [0.25, 0.3) is 0 Å². The van der Waals surface area contributed by atoms with Gasteiger partial charge in [0.2, 0.25) is 11.8 Å². The number of primary amides is 1. The van der Waals surface area contributed by atoms with Crippen molar-refractivity contribution in [3.05, 3.63) is 0 Å². The van der Waals surface area contributed by atoms with Crippen LogP contribution in [0.3, 0.4) is 0 Å². The van der Waals surface area contributed by atoms with E-state index in [1.807, 2.05) is 0 Å². The largest absolute Gasteiger partial charge is 0.481 e. The summed E-state index contributed by atoms with van der Waals surface area (Å²) in [5, 5.41) is 11.4. The number of amides is 4. The van der Waals surface area contributed by atoms with Gasteiger partial charge in [0.1, 0.15) is 12.6 Å². The van der Waals surface area contributed by atoms with Crippen LogP contribution in [0.1, 0.15) is 20.3 Å². The Morgan fingerprint density at radius 3 is 2.57 bits per heavy atom. The van der Waals surface area contributed by atoms with Crippen LogP contribution >= 0.6 is 0 Å². The lowest BCUT2D eigenvalue weighted by Crippen LogP contribution is -2.61. The van der Waals surface area contributed by atoms with E-state index in [1.54, 1.807) is 13.8 Å². The average Bonchev–Trinajstić information content (AvgIpc) is 2.36. The molecule has 1 atom stereocenters. The number of urea groups is 1. The van der Waals surface area contributed by atoms with Gasteiger partial charge in [0.15, 0.2) is 0 Å². The fourth-order valence-electron chi connectivity index (χ4n) is 2.12. The molecule has 1 unspecified atom stereocenters. The second-order valence-electron chi connectivity index (χ2n) is 5.07. The van der Waals surface area contributed by atoms with Gasteiger partial charge in [-0.15, -0.1) is 0 Å². The molecule has 1 aliphatic heterocycles. The zero-order valence-corrected chi connectivity index (χ0v) is 12.0. The molecule has 0 aliphatic carbocycles. The highest BCUT2D eigenvalue weighted by Crippen LogP contribution is 2.14. The van der Waals surface area contributed by atoms with Crippen molar-refractivity contribution >= 4 is 23.8 Å². The molecule has 118 valence electrons. The summed E-state index contributed by atoms with van der Waals surface area (Å²) in [7, 11) is 0. The summed E-state index contributed by atoms with van der Waals surface area (Å²) in [6, 6.07) is -1.96. The summed E-state index contributed by atoms with van der Waals surface area (Å²) >= 11 is 0. The Balaban J connectivity index is 2.96. The van der Waals surface area contributed by atoms with E-state index >= 15 is 0 Å². The molecule has 9 heteroatoms. The molecular formula is C12H20N4O5. The van der Waals surface area contributed by atoms with Crippen LogP contribution in [-0.4, -0.2) is 70.4 Å². The Bertz CT molecular complexity index is 451. The summed E-state index contributed by atoms with van der Waals surface area (Å²) < 4.78 is 0. The zero-order chi connectivity index (χ0) is 16.2. The SMILES string of the molecule is CC(C)N(CC(N)=O)C(=O)N1CCNC(=O)C1CC(=O)O. The molecule has 1 heterocycles. The number of nitrogens with one attached hydrogen (secondary N) is 1. The van der Waals surface area contributed by atoms with E-state index in [0.717, 1.165) is 0 Å². The monoisotopic (exact) mass is 300 g/mol. The molecule has 0 spiro atoms. The van der Waals surface area contributed by atoms with Crippen LogP contribution in [0.5, 0.6) is 0 Å². The minimum atomic E-state index is -1.18. The highest BCUT2D eigenvalue weighted by atomic mass is 16.4.